The molecule has 0 N–H and O–H groups in total. The van der Waals surface area contributed by atoms with E-state index in [1.165, 1.54) is 6.92 Å². The average Bonchev–Trinajstić information content (AvgIpc) is 2.02. The minimum atomic E-state index is -4.32. The summed E-state index contributed by atoms with van der Waals surface area (Å²) in [7, 11) is -4.32. The summed E-state index contributed by atoms with van der Waals surface area (Å²) in [6.45, 7) is 4.98. The Hall–Kier alpha value is -0.380. The third kappa shape index (κ3) is 6.75. The largest absolute Gasteiger partial charge is 0.305 e. The van der Waals surface area contributed by atoms with Crippen molar-refractivity contribution in [2.24, 2.45) is 0 Å². The molecule has 0 aromatic carbocycles. The lowest BCUT2D eigenvalue weighted by Crippen LogP contribution is -2.11. The van der Waals surface area contributed by atoms with Gasteiger partial charge in [0, 0.05) is 0 Å². The molecule has 1 unspecified atom stereocenters. The minimum absolute atomic E-state index is 0.413. The quantitative estimate of drug-likeness (QED) is 0.366. The highest BCUT2D eigenvalue weighted by Crippen LogP contribution is 2.12. The van der Waals surface area contributed by atoms with Crippen molar-refractivity contribution in [3.63, 3.8) is 0 Å². The van der Waals surface area contributed by atoms with Gasteiger partial charge >= 0.3 is 10.2 Å². The Labute approximate surface area is 80.1 Å². The van der Waals surface area contributed by atoms with Gasteiger partial charge in [0.2, 0.25) is 0 Å². The van der Waals surface area contributed by atoms with Crippen LogP contribution in [-0.4, -0.2) is 13.7 Å². The molecular weight excluding hydrogens is 191 g/mol. The molecule has 0 saturated heterocycles. The number of halogens is 1. The van der Waals surface area contributed by atoms with Gasteiger partial charge in [-0.15, -0.1) is 10.5 Å². The molecule has 0 rings (SSSR count). The van der Waals surface area contributed by atoms with Crippen LogP contribution in [-0.2, 0) is 10.2 Å². The van der Waals surface area contributed by atoms with Crippen LogP contribution in [0.15, 0.2) is 12.7 Å². The zero-order valence-corrected chi connectivity index (χ0v) is 8.82. The van der Waals surface area contributed by atoms with E-state index < -0.39 is 15.5 Å². The molecule has 0 aliphatic rings. The van der Waals surface area contributed by atoms with Crippen LogP contribution >= 0.6 is 0 Å². The maximum atomic E-state index is 12.3. The summed E-state index contributed by atoms with van der Waals surface area (Å²) >= 11 is 0. The van der Waals surface area contributed by atoms with Gasteiger partial charge in [-0.25, -0.2) is 0 Å². The van der Waals surface area contributed by atoms with E-state index in [1.54, 1.807) is 0 Å². The van der Waals surface area contributed by atoms with Crippen molar-refractivity contribution < 1.29 is 12.3 Å². The molecule has 0 heterocycles. The van der Waals surface area contributed by atoms with E-state index in [0.29, 0.717) is 6.42 Å². The van der Waals surface area contributed by atoms with Crippen LogP contribution in [0.25, 0.3) is 0 Å². The van der Waals surface area contributed by atoms with Crippen molar-refractivity contribution >= 4 is 10.2 Å². The Bertz CT molecular complexity index is 234. The van der Waals surface area contributed by atoms with Crippen LogP contribution in [0.1, 0.15) is 39.0 Å². The van der Waals surface area contributed by atoms with Gasteiger partial charge in [-0.3, -0.25) is 0 Å². The fourth-order valence-corrected chi connectivity index (χ4v) is 1.49. The van der Waals surface area contributed by atoms with E-state index in [1.807, 2.05) is 6.08 Å². The summed E-state index contributed by atoms with van der Waals surface area (Å²) < 4.78 is 33.1. The van der Waals surface area contributed by atoms with Gasteiger partial charge in [-0.1, -0.05) is 18.9 Å². The molecule has 0 aliphatic heterocycles. The van der Waals surface area contributed by atoms with Gasteiger partial charge in [-0.05, 0) is 26.2 Å². The second-order valence-electron chi connectivity index (χ2n) is 3.21. The standard InChI is InChI=1S/C9H17FO2S/c1-3-4-5-6-7-8-9(2)13(10,11)12/h3,9H,1,4-8H2,2H3. The van der Waals surface area contributed by atoms with Gasteiger partial charge in [0.15, 0.2) is 0 Å². The van der Waals surface area contributed by atoms with E-state index in [0.717, 1.165) is 25.7 Å². The highest BCUT2D eigenvalue weighted by molar-refractivity contribution is 7.86. The van der Waals surface area contributed by atoms with E-state index in [4.69, 9.17) is 0 Å². The molecule has 0 radical (unpaired) electrons. The lowest BCUT2D eigenvalue weighted by Gasteiger charge is -2.04. The van der Waals surface area contributed by atoms with E-state index >= 15 is 0 Å². The smallest absolute Gasteiger partial charge is 0.195 e. The van der Waals surface area contributed by atoms with Gasteiger partial charge in [0.25, 0.3) is 0 Å². The molecule has 0 spiro atoms. The molecule has 4 heteroatoms. The summed E-state index contributed by atoms with van der Waals surface area (Å²) in [5, 5.41) is -0.851. The fourth-order valence-electron chi connectivity index (χ4n) is 1.04. The van der Waals surface area contributed by atoms with Crippen molar-refractivity contribution in [1.82, 2.24) is 0 Å². The first-order valence-corrected chi connectivity index (χ1v) is 5.97. The zero-order valence-electron chi connectivity index (χ0n) is 8.00. The molecule has 13 heavy (non-hydrogen) atoms. The van der Waals surface area contributed by atoms with E-state index in [2.05, 4.69) is 6.58 Å². The van der Waals surface area contributed by atoms with Crippen molar-refractivity contribution in [1.29, 1.82) is 0 Å². The molecule has 0 aliphatic carbocycles. The first-order chi connectivity index (χ1) is 5.98. The molecule has 0 aromatic rings. The summed E-state index contributed by atoms with van der Waals surface area (Å²) in [6, 6.07) is 0. The predicted molar refractivity (Wildman–Crippen MR) is 52.8 cm³/mol. The molecule has 0 bridgehead atoms. The molecule has 0 amide bonds. The third-order valence-corrected chi connectivity index (χ3v) is 3.20. The summed E-state index contributed by atoms with van der Waals surface area (Å²) in [6.07, 6.45) is 5.88. The number of rotatable bonds is 7. The molecule has 0 aromatic heterocycles. The molecular formula is C9H17FO2S. The van der Waals surface area contributed by atoms with Crippen molar-refractivity contribution in [2.45, 2.75) is 44.3 Å². The highest BCUT2D eigenvalue weighted by atomic mass is 32.3. The predicted octanol–water partition coefficient (Wildman–Crippen LogP) is 2.81. The van der Waals surface area contributed by atoms with Crippen molar-refractivity contribution in [3.8, 4) is 0 Å². The Morgan fingerprint density at radius 2 is 2.00 bits per heavy atom. The van der Waals surface area contributed by atoms with Crippen molar-refractivity contribution in [2.75, 3.05) is 0 Å². The third-order valence-electron chi connectivity index (χ3n) is 2.00. The lowest BCUT2D eigenvalue weighted by atomic mass is 10.1. The Balaban J connectivity index is 3.49. The minimum Gasteiger partial charge on any atom is -0.195 e. The molecule has 0 fully saturated rings. The first kappa shape index (κ1) is 12.6. The maximum absolute atomic E-state index is 12.3. The topological polar surface area (TPSA) is 34.1 Å². The normalized spacial score (nSPS) is 14.0. The second kappa shape index (κ2) is 6.13. The summed E-state index contributed by atoms with van der Waals surface area (Å²) in [4.78, 5) is 0. The van der Waals surface area contributed by atoms with Crippen LogP contribution in [0.5, 0.6) is 0 Å². The van der Waals surface area contributed by atoms with Crippen LogP contribution < -0.4 is 0 Å². The van der Waals surface area contributed by atoms with Gasteiger partial charge in [0.05, 0.1) is 5.25 Å². The number of unbranched alkanes of at least 4 members (excludes halogenated alkanes) is 3. The van der Waals surface area contributed by atoms with Gasteiger partial charge in [0.1, 0.15) is 0 Å². The summed E-state index contributed by atoms with van der Waals surface area (Å²) in [5.41, 5.74) is 0. The first-order valence-electron chi connectivity index (χ1n) is 4.53. The van der Waals surface area contributed by atoms with Crippen LogP contribution in [0.2, 0.25) is 0 Å². The van der Waals surface area contributed by atoms with Gasteiger partial charge in [-0.2, -0.15) is 8.42 Å². The second-order valence-corrected chi connectivity index (χ2v) is 4.97. The van der Waals surface area contributed by atoms with E-state index in [-0.39, 0.29) is 0 Å². The Kier molecular flexibility index (Phi) is 5.95. The zero-order chi connectivity index (χ0) is 10.3. The van der Waals surface area contributed by atoms with Crippen LogP contribution in [0.4, 0.5) is 3.89 Å². The molecule has 2 nitrogen and oxygen atoms in total. The molecule has 1 atom stereocenters. The number of hydrogen-bond acceptors (Lipinski definition) is 2. The lowest BCUT2D eigenvalue weighted by molar-refractivity contribution is 0.524. The highest BCUT2D eigenvalue weighted by Gasteiger charge is 2.17. The Morgan fingerprint density at radius 3 is 2.46 bits per heavy atom. The summed E-state index contributed by atoms with van der Waals surface area (Å²) in [5.74, 6) is 0. The average molecular weight is 208 g/mol. The monoisotopic (exact) mass is 208 g/mol. The maximum Gasteiger partial charge on any atom is 0.305 e. The van der Waals surface area contributed by atoms with Crippen LogP contribution in [0.3, 0.4) is 0 Å². The molecule has 78 valence electrons. The number of allylic oxidation sites excluding steroid dienone is 1. The SMILES string of the molecule is C=CCCCCCC(C)S(=O)(=O)F. The molecule has 0 saturated carbocycles. The Morgan fingerprint density at radius 1 is 1.38 bits per heavy atom. The van der Waals surface area contributed by atoms with E-state index in [9.17, 15) is 12.3 Å². The van der Waals surface area contributed by atoms with Gasteiger partial charge < -0.3 is 0 Å². The fraction of sp³-hybridized carbons (Fsp3) is 0.778. The number of hydrogen-bond donors (Lipinski definition) is 0. The van der Waals surface area contributed by atoms with Crippen molar-refractivity contribution in [3.05, 3.63) is 12.7 Å². The van der Waals surface area contributed by atoms with Crippen LogP contribution in [0, 0.1) is 0 Å².